The van der Waals surface area contributed by atoms with E-state index in [0.29, 0.717) is 17.9 Å². The standard InChI is InChI=1S/C10H16N2O2S/c1-4-14-10(2,3)7-12-6-5-8(13)11-9(12)15/h5-6H,4,7H2,1-3H3,(H,11,13,15). The van der Waals surface area contributed by atoms with Crippen molar-refractivity contribution in [2.75, 3.05) is 6.61 Å². The first kappa shape index (κ1) is 12.1. The molecule has 0 saturated carbocycles. The predicted molar refractivity (Wildman–Crippen MR) is 61.6 cm³/mol. The van der Waals surface area contributed by atoms with E-state index in [-0.39, 0.29) is 11.2 Å². The maximum Gasteiger partial charge on any atom is 0.251 e. The van der Waals surface area contributed by atoms with Gasteiger partial charge in [0.25, 0.3) is 5.56 Å². The van der Waals surface area contributed by atoms with Gasteiger partial charge in [0.2, 0.25) is 0 Å². The Labute approximate surface area is 93.9 Å². The SMILES string of the molecule is CCOC(C)(C)Cn1ccc(=O)[nH]c1=S. The number of aromatic amines is 1. The van der Waals surface area contributed by atoms with E-state index in [1.54, 1.807) is 10.8 Å². The smallest absolute Gasteiger partial charge is 0.251 e. The molecular weight excluding hydrogens is 212 g/mol. The zero-order valence-corrected chi connectivity index (χ0v) is 10.1. The number of ether oxygens (including phenoxy) is 1. The molecule has 0 fully saturated rings. The second-order valence-electron chi connectivity index (χ2n) is 3.93. The van der Waals surface area contributed by atoms with E-state index >= 15 is 0 Å². The molecule has 0 saturated heterocycles. The summed E-state index contributed by atoms with van der Waals surface area (Å²) in [6, 6.07) is 1.46. The molecule has 0 spiro atoms. The summed E-state index contributed by atoms with van der Waals surface area (Å²) in [7, 11) is 0. The third kappa shape index (κ3) is 3.60. The van der Waals surface area contributed by atoms with Crippen LogP contribution in [0.4, 0.5) is 0 Å². The van der Waals surface area contributed by atoms with Gasteiger partial charge in [0, 0.05) is 18.9 Å². The first-order chi connectivity index (χ1) is 6.94. The molecule has 15 heavy (non-hydrogen) atoms. The average Bonchev–Trinajstić information content (AvgIpc) is 2.09. The maximum atomic E-state index is 11.0. The number of H-pyrrole nitrogens is 1. The normalized spacial score (nSPS) is 11.7. The molecule has 5 heteroatoms. The first-order valence-electron chi connectivity index (χ1n) is 4.88. The topological polar surface area (TPSA) is 47.0 Å². The van der Waals surface area contributed by atoms with Gasteiger partial charge in [-0.3, -0.25) is 9.78 Å². The minimum atomic E-state index is -0.286. The van der Waals surface area contributed by atoms with Crippen LogP contribution in [-0.4, -0.2) is 21.8 Å². The van der Waals surface area contributed by atoms with Gasteiger partial charge >= 0.3 is 0 Å². The molecule has 0 aliphatic rings. The van der Waals surface area contributed by atoms with Crippen LogP contribution >= 0.6 is 12.2 Å². The third-order valence-electron chi connectivity index (χ3n) is 1.98. The Morgan fingerprint density at radius 3 is 2.80 bits per heavy atom. The van der Waals surface area contributed by atoms with Gasteiger partial charge in [0.1, 0.15) is 0 Å². The van der Waals surface area contributed by atoms with Crippen LogP contribution in [0.1, 0.15) is 20.8 Å². The molecule has 0 atom stereocenters. The van der Waals surface area contributed by atoms with Gasteiger partial charge in [-0.15, -0.1) is 0 Å². The highest BCUT2D eigenvalue weighted by Gasteiger charge is 2.18. The highest BCUT2D eigenvalue weighted by Crippen LogP contribution is 2.11. The van der Waals surface area contributed by atoms with Gasteiger partial charge in [-0.1, -0.05) is 0 Å². The van der Waals surface area contributed by atoms with Crippen LogP contribution in [0.3, 0.4) is 0 Å². The monoisotopic (exact) mass is 228 g/mol. The molecule has 0 radical (unpaired) electrons. The van der Waals surface area contributed by atoms with Gasteiger partial charge in [-0.2, -0.15) is 0 Å². The van der Waals surface area contributed by atoms with Crippen molar-refractivity contribution >= 4 is 12.2 Å². The van der Waals surface area contributed by atoms with Crippen molar-refractivity contribution < 1.29 is 4.74 Å². The Morgan fingerprint density at radius 2 is 2.27 bits per heavy atom. The molecule has 1 aromatic heterocycles. The van der Waals surface area contributed by atoms with E-state index in [1.165, 1.54) is 6.07 Å². The van der Waals surface area contributed by atoms with Crippen molar-refractivity contribution in [3.63, 3.8) is 0 Å². The van der Waals surface area contributed by atoms with E-state index in [2.05, 4.69) is 4.98 Å². The van der Waals surface area contributed by atoms with Crippen LogP contribution in [-0.2, 0) is 11.3 Å². The summed E-state index contributed by atoms with van der Waals surface area (Å²) in [5.41, 5.74) is -0.462. The Bertz CT molecular complexity index is 434. The molecule has 84 valence electrons. The minimum absolute atomic E-state index is 0.175. The number of aromatic nitrogens is 2. The van der Waals surface area contributed by atoms with E-state index in [9.17, 15) is 4.79 Å². The van der Waals surface area contributed by atoms with Crippen molar-refractivity contribution in [2.45, 2.75) is 32.9 Å². The zero-order chi connectivity index (χ0) is 11.5. The van der Waals surface area contributed by atoms with Crippen molar-refractivity contribution in [3.8, 4) is 0 Å². The van der Waals surface area contributed by atoms with E-state index in [0.717, 1.165) is 0 Å². The van der Waals surface area contributed by atoms with Gasteiger partial charge in [-0.05, 0) is 33.0 Å². The summed E-state index contributed by atoms with van der Waals surface area (Å²) in [5, 5.41) is 0. The molecule has 1 N–H and O–H groups in total. The average molecular weight is 228 g/mol. The fraction of sp³-hybridized carbons (Fsp3) is 0.600. The number of hydrogen-bond acceptors (Lipinski definition) is 3. The Balaban J connectivity index is 2.90. The van der Waals surface area contributed by atoms with Gasteiger partial charge in [0.05, 0.1) is 12.1 Å². The molecule has 4 nitrogen and oxygen atoms in total. The lowest BCUT2D eigenvalue weighted by Crippen LogP contribution is -2.31. The first-order valence-corrected chi connectivity index (χ1v) is 5.29. The van der Waals surface area contributed by atoms with E-state index in [4.69, 9.17) is 17.0 Å². The second kappa shape index (κ2) is 4.72. The molecule has 0 aliphatic heterocycles. The van der Waals surface area contributed by atoms with Gasteiger partial charge in [-0.25, -0.2) is 0 Å². The van der Waals surface area contributed by atoms with Gasteiger partial charge in [0.15, 0.2) is 4.77 Å². The molecule has 1 rings (SSSR count). The summed E-state index contributed by atoms with van der Waals surface area (Å²) in [5.74, 6) is 0. The molecule has 1 heterocycles. The number of nitrogens with zero attached hydrogens (tertiary/aromatic N) is 1. The third-order valence-corrected chi connectivity index (χ3v) is 2.32. The minimum Gasteiger partial charge on any atom is -0.374 e. The van der Waals surface area contributed by atoms with Crippen LogP contribution in [0.15, 0.2) is 17.1 Å². The fourth-order valence-electron chi connectivity index (χ4n) is 1.42. The number of hydrogen-bond donors (Lipinski definition) is 1. The van der Waals surface area contributed by atoms with Crippen LogP contribution in [0, 0.1) is 4.77 Å². The highest BCUT2D eigenvalue weighted by atomic mass is 32.1. The predicted octanol–water partition coefficient (Wildman–Crippen LogP) is 1.72. The van der Waals surface area contributed by atoms with Crippen LogP contribution < -0.4 is 5.56 Å². The van der Waals surface area contributed by atoms with Gasteiger partial charge < -0.3 is 9.30 Å². The fourth-order valence-corrected chi connectivity index (χ4v) is 1.64. The van der Waals surface area contributed by atoms with Crippen molar-refractivity contribution in [1.29, 1.82) is 0 Å². The lowest BCUT2D eigenvalue weighted by atomic mass is 10.1. The molecule has 0 aromatic carbocycles. The van der Waals surface area contributed by atoms with Crippen molar-refractivity contribution in [2.24, 2.45) is 0 Å². The van der Waals surface area contributed by atoms with Crippen LogP contribution in [0.5, 0.6) is 0 Å². The van der Waals surface area contributed by atoms with Crippen molar-refractivity contribution in [1.82, 2.24) is 9.55 Å². The summed E-state index contributed by atoms with van der Waals surface area (Å²) in [4.78, 5) is 13.5. The lowest BCUT2D eigenvalue weighted by molar-refractivity contribution is -0.0229. The van der Waals surface area contributed by atoms with Crippen LogP contribution in [0.25, 0.3) is 0 Å². The lowest BCUT2D eigenvalue weighted by Gasteiger charge is -2.25. The quantitative estimate of drug-likeness (QED) is 0.798. The largest absolute Gasteiger partial charge is 0.374 e. The highest BCUT2D eigenvalue weighted by molar-refractivity contribution is 7.71. The van der Waals surface area contributed by atoms with Crippen molar-refractivity contribution in [3.05, 3.63) is 27.4 Å². The molecule has 1 aromatic rings. The number of rotatable bonds is 4. The number of nitrogens with one attached hydrogen (secondary N) is 1. The summed E-state index contributed by atoms with van der Waals surface area (Å²) < 4.78 is 7.78. The Morgan fingerprint density at radius 1 is 1.60 bits per heavy atom. The zero-order valence-electron chi connectivity index (χ0n) is 9.24. The maximum absolute atomic E-state index is 11.0. The molecule has 0 amide bonds. The second-order valence-corrected chi connectivity index (χ2v) is 4.32. The Kier molecular flexibility index (Phi) is 3.82. The van der Waals surface area contributed by atoms with E-state index < -0.39 is 0 Å². The van der Waals surface area contributed by atoms with E-state index in [1.807, 2.05) is 20.8 Å². The summed E-state index contributed by atoms with van der Waals surface area (Å²) in [6.45, 7) is 7.21. The van der Waals surface area contributed by atoms with Crippen LogP contribution in [0.2, 0.25) is 0 Å². The Hall–Kier alpha value is -0.940. The summed E-state index contributed by atoms with van der Waals surface area (Å²) >= 11 is 5.04. The molecule has 0 bridgehead atoms. The molecule has 0 aliphatic carbocycles. The summed E-state index contributed by atoms with van der Waals surface area (Å²) in [6.07, 6.45) is 1.68. The molecular formula is C10H16N2O2S. The molecule has 0 unspecified atom stereocenters.